The molecule has 2 aliphatic heterocycles. The van der Waals surface area contributed by atoms with Crippen LogP contribution in [0.5, 0.6) is 5.75 Å². The van der Waals surface area contributed by atoms with Gasteiger partial charge in [0.1, 0.15) is 5.75 Å². The number of fused-ring (bicyclic) bond motifs is 2. The molecule has 2 bridgehead atoms. The number of hydrogen-bond acceptors (Lipinski definition) is 3. The summed E-state index contributed by atoms with van der Waals surface area (Å²) in [7, 11) is 1.71. The molecule has 2 heterocycles. The fourth-order valence-electron chi connectivity index (χ4n) is 3.14. The third-order valence-electron chi connectivity index (χ3n) is 4.15. The summed E-state index contributed by atoms with van der Waals surface area (Å²) < 4.78 is 5.29. The van der Waals surface area contributed by atoms with Crippen LogP contribution in [0.3, 0.4) is 0 Å². The summed E-state index contributed by atoms with van der Waals surface area (Å²) in [5, 5.41) is 11.5. The number of benzene rings is 1. The lowest BCUT2D eigenvalue weighted by Crippen LogP contribution is -2.44. The highest BCUT2D eigenvalue weighted by atomic mass is 16.5. The SMILES string of the molecule is COc1ccc2c(c1)CC1CCC(C2)N(O)C1. The minimum absolute atomic E-state index is 0.304. The second-order valence-electron chi connectivity index (χ2n) is 5.26. The van der Waals surface area contributed by atoms with Gasteiger partial charge >= 0.3 is 0 Å². The molecule has 1 aromatic rings. The Hall–Kier alpha value is -1.06. The lowest BCUT2D eigenvalue weighted by molar-refractivity contribution is -0.155. The number of rotatable bonds is 1. The molecule has 17 heavy (non-hydrogen) atoms. The smallest absolute Gasteiger partial charge is 0.119 e. The van der Waals surface area contributed by atoms with Crippen molar-refractivity contribution < 1.29 is 9.94 Å². The third kappa shape index (κ3) is 2.05. The summed E-state index contributed by atoms with van der Waals surface area (Å²) in [6.45, 7) is 0.821. The van der Waals surface area contributed by atoms with Crippen LogP contribution in [0.4, 0.5) is 0 Å². The summed E-state index contributed by atoms with van der Waals surface area (Å²) in [6.07, 6.45) is 4.38. The molecule has 3 heteroatoms. The van der Waals surface area contributed by atoms with Crippen molar-refractivity contribution >= 4 is 0 Å². The van der Waals surface area contributed by atoms with E-state index < -0.39 is 0 Å². The summed E-state index contributed by atoms with van der Waals surface area (Å²) in [4.78, 5) is 0. The van der Waals surface area contributed by atoms with Gasteiger partial charge in [0.05, 0.1) is 7.11 Å². The van der Waals surface area contributed by atoms with Crippen molar-refractivity contribution in [2.75, 3.05) is 13.7 Å². The maximum Gasteiger partial charge on any atom is 0.119 e. The Morgan fingerprint density at radius 1 is 1.24 bits per heavy atom. The van der Waals surface area contributed by atoms with Gasteiger partial charge < -0.3 is 9.94 Å². The minimum Gasteiger partial charge on any atom is -0.497 e. The van der Waals surface area contributed by atoms with E-state index in [4.69, 9.17) is 4.74 Å². The first kappa shape index (κ1) is 11.1. The molecule has 3 nitrogen and oxygen atoms in total. The molecule has 1 aliphatic carbocycles. The van der Waals surface area contributed by atoms with Crippen LogP contribution in [-0.2, 0) is 12.8 Å². The van der Waals surface area contributed by atoms with Crippen LogP contribution >= 0.6 is 0 Å². The summed E-state index contributed by atoms with van der Waals surface area (Å²) in [5.74, 6) is 1.53. The van der Waals surface area contributed by atoms with Crippen LogP contribution in [0.15, 0.2) is 18.2 Å². The van der Waals surface area contributed by atoms with E-state index in [1.54, 1.807) is 12.2 Å². The van der Waals surface area contributed by atoms with Gasteiger partial charge in [-0.1, -0.05) is 6.07 Å². The molecule has 92 valence electrons. The van der Waals surface area contributed by atoms with Gasteiger partial charge in [-0.05, 0) is 54.9 Å². The topological polar surface area (TPSA) is 32.7 Å². The van der Waals surface area contributed by atoms with Crippen LogP contribution in [0.25, 0.3) is 0 Å². The van der Waals surface area contributed by atoms with Crippen molar-refractivity contribution in [3.05, 3.63) is 29.3 Å². The molecule has 0 amide bonds. The molecule has 1 saturated heterocycles. The molecule has 1 N–H and O–H groups in total. The predicted molar refractivity (Wildman–Crippen MR) is 65.4 cm³/mol. The van der Waals surface area contributed by atoms with Crippen molar-refractivity contribution in [1.29, 1.82) is 0 Å². The monoisotopic (exact) mass is 233 g/mol. The maximum atomic E-state index is 9.94. The number of piperidine rings is 1. The lowest BCUT2D eigenvalue weighted by Gasteiger charge is -2.38. The van der Waals surface area contributed by atoms with Gasteiger partial charge in [0.15, 0.2) is 0 Å². The van der Waals surface area contributed by atoms with Crippen LogP contribution in [0.2, 0.25) is 0 Å². The molecule has 0 spiro atoms. The lowest BCUT2D eigenvalue weighted by atomic mass is 9.81. The fourth-order valence-corrected chi connectivity index (χ4v) is 3.14. The van der Waals surface area contributed by atoms with E-state index in [0.717, 1.165) is 31.6 Å². The van der Waals surface area contributed by atoms with E-state index in [0.29, 0.717) is 12.0 Å². The Balaban J connectivity index is 1.96. The van der Waals surface area contributed by atoms with Crippen LogP contribution in [0.1, 0.15) is 24.0 Å². The average Bonchev–Trinajstić information content (AvgIpc) is 2.30. The molecule has 0 saturated carbocycles. The molecule has 1 fully saturated rings. The van der Waals surface area contributed by atoms with Crippen molar-refractivity contribution in [3.8, 4) is 5.75 Å². The highest BCUT2D eigenvalue weighted by molar-refractivity contribution is 5.37. The average molecular weight is 233 g/mol. The normalized spacial score (nSPS) is 28.4. The molecule has 3 aliphatic rings. The van der Waals surface area contributed by atoms with Gasteiger partial charge in [-0.25, -0.2) is 0 Å². The molecule has 2 unspecified atom stereocenters. The van der Waals surface area contributed by atoms with Gasteiger partial charge in [-0.3, -0.25) is 0 Å². The summed E-state index contributed by atoms with van der Waals surface area (Å²) in [5.41, 5.74) is 2.78. The second-order valence-corrected chi connectivity index (χ2v) is 5.26. The Morgan fingerprint density at radius 2 is 2.12 bits per heavy atom. The predicted octanol–water partition coefficient (Wildman–Crippen LogP) is 2.26. The third-order valence-corrected chi connectivity index (χ3v) is 4.15. The van der Waals surface area contributed by atoms with Crippen LogP contribution in [-0.4, -0.2) is 30.0 Å². The van der Waals surface area contributed by atoms with Crippen molar-refractivity contribution in [2.24, 2.45) is 5.92 Å². The summed E-state index contributed by atoms with van der Waals surface area (Å²) >= 11 is 0. The van der Waals surface area contributed by atoms with E-state index >= 15 is 0 Å². The first-order chi connectivity index (χ1) is 8.26. The molecule has 1 aromatic carbocycles. The molecule has 4 rings (SSSR count). The molecular weight excluding hydrogens is 214 g/mol. The van der Waals surface area contributed by atoms with Crippen molar-refractivity contribution in [3.63, 3.8) is 0 Å². The van der Waals surface area contributed by atoms with E-state index in [9.17, 15) is 5.21 Å². The highest BCUT2D eigenvalue weighted by Gasteiger charge is 2.31. The quantitative estimate of drug-likeness (QED) is 0.807. The van der Waals surface area contributed by atoms with Crippen molar-refractivity contribution in [2.45, 2.75) is 31.7 Å². The molecular formula is C14H19NO2. The Bertz CT molecular complexity index is 419. The zero-order valence-corrected chi connectivity index (χ0v) is 10.2. The van der Waals surface area contributed by atoms with Gasteiger partial charge in [-0.2, -0.15) is 5.06 Å². The maximum absolute atomic E-state index is 9.94. The highest BCUT2D eigenvalue weighted by Crippen LogP contribution is 2.32. The number of methoxy groups -OCH3 is 1. The zero-order valence-electron chi connectivity index (χ0n) is 10.2. The first-order valence-corrected chi connectivity index (χ1v) is 6.37. The number of nitrogens with zero attached hydrogens (tertiary/aromatic N) is 1. The fraction of sp³-hybridized carbons (Fsp3) is 0.571. The Labute approximate surface area is 102 Å². The van der Waals surface area contributed by atoms with Crippen molar-refractivity contribution in [1.82, 2.24) is 5.06 Å². The largest absolute Gasteiger partial charge is 0.497 e. The Kier molecular flexibility index (Phi) is 2.81. The molecule has 0 aromatic heterocycles. The van der Waals surface area contributed by atoms with Gasteiger partial charge in [0, 0.05) is 12.6 Å². The second kappa shape index (κ2) is 4.31. The number of hydroxylamine groups is 2. The van der Waals surface area contributed by atoms with E-state index in [-0.39, 0.29) is 0 Å². The molecule has 0 radical (unpaired) electrons. The number of ether oxygens (including phenoxy) is 1. The summed E-state index contributed by atoms with van der Waals surface area (Å²) in [6, 6.07) is 6.65. The number of hydrogen-bond donors (Lipinski definition) is 1. The van der Waals surface area contributed by atoms with E-state index in [1.807, 2.05) is 6.07 Å². The van der Waals surface area contributed by atoms with Crippen LogP contribution < -0.4 is 4.74 Å². The van der Waals surface area contributed by atoms with E-state index in [1.165, 1.54) is 17.5 Å². The first-order valence-electron chi connectivity index (χ1n) is 6.37. The zero-order chi connectivity index (χ0) is 11.8. The van der Waals surface area contributed by atoms with Gasteiger partial charge in [0.25, 0.3) is 0 Å². The minimum atomic E-state index is 0.304. The van der Waals surface area contributed by atoms with Crippen LogP contribution in [0, 0.1) is 5.92 Å². The molecule has 2 atom stereocenters. The van der Waals surface area contributed by atoms with Gasteiger partial charge in [0.2, 0.25) is 0 Å². The Morgan fingerprint density at radius 3 is 2.88 bits per heavy atom. The van der Waals surface area contributed by atoms with Gasteiger partial charge in [-0.15, -0.1) is 0 Å². The standard InChI is InChI=1S/C14H19NO2/c1-17-14-5-3-11-7-13-4-2-10(9-15(13)16)6-12(11)8-14/h3,5,8,10,13,16H,2,4,6-7,9H2,1H3. The van der Waals surface area contributed by atoms with E-state index in [2.05, 4.69) is 12.1 Å².